The van der Waals surface area contributed by atoms with E-state index in [9.17, 15) is 24.3 Å². The summed E-state index contributed by atoms with van der Waals surface area (Å²) in [7, 11) is 0. The molecular formula is C40H38N6O6S2. The quantitative estimate of drug-likeness (QED) is 0.0593. The van der Waals surface area contributed by atoms with Crippen molar-refractivity contribution in [2.24, 2.45) is 11.1 Å². The van der Waals surface area contributed by atoms with Crippen molar-refractivity contribution in [3.05, 3.63) is 142 Å². The third-order valence-electron chi connectivity index (χ3n) is 9.43. The number of allylic oxidation sites excluding steroid dienone is 1. The maximum Gasteiger partial charge on any atom is 0.352 e. The highest BCUT2D eigenvalue weighted by molar-refractivity contribution is 8.00. The van der Waals surface area contributed by atoms with Crippen LogP contribution in [0.3, 0.4) is 0 Å². The number of nitrogen functional groups attached to an aromatic ring is 1. The zero-order chi connectivity index (χ0) is 38.0. The summed E-state index contributed by atoms with van der Waals surface area (Å²) in [6, 6.07) is 27.5. The fourth-order valence-corrected chi connectivity index (χ4v) is 8.83. The van der Waals surface area contributed by atoms with Crippen LogP contribution >= 0.6 is 23.1 Å². The third-order valence-corrected chi connectivity index (χ3v) is 11.4. The van der Waals surface area contributed by atoms with Crippen LogP contribution in [0.15, 0.2) is 124 Å². The van der Waals surface area contributed by atoms with E-state index in [0.29, 0.717) is 36.6 Å². The Labute approximate surface area is 320 Å². The summed E-state index contributed by atoms with van der Waals surface area (Å²) in [6.45, 7) is 5.24. The van der Waals surface area contributed by atoms with Crippen LogP contribution in [0.1, 0.15) is 42.7 Å². The molecule has 4 N–H and O–H groups in total. The largest absolute Gasteiger partial charge is 0.477 e. The number of hydrogen-bond acceptors (Lipinski definition) is 10. The van der Waals surface area contributed by atoms with Crippen LogP contribution in [0, 0.1) is 5.92 Å². The number of fused-ring (bicyclic) bond motifs is 1. The highest BCUT2D eigenvalue weighted by Crippen LogP contribution is 2.43. The van der Waals surface area contributed by atoms with Crippen LogP contribution in [0.5, 0.6) is 0 Å². The number of thioether (sulfide) groups is 1. The van der Waals surface area contributed by atoms with Crippen molar-refractivity contribution in [3.63, 3.8) is 0 Å². The molecule has 1 aromatic heterocycles. The number of β-lactam (4-membered cyclic amide) rings is 1. The predicted molar refractivity (Wildman–Crippen MR) is 207 cm³/mol. The van der Waals surface area contributed by atoms with Crippen LogP contribution in [0.4, 0.5) is 5.13 Å². The lowest BCUT2D eigenvalue weighted by Gasteiger charge is -2.49. The second-order valence-electron chi connectivity index (χ2n) is 13.5. The number of carbonyl (C=O) groups excluding carboxylic acids is 3. The van der Waals surface area contributed by atoms with Crippen molar-refractivity contribution in [2.45, 2.75) is 37.3 Å². The van der Waals surface area contributed by atoms with Crippen LogP contribution in [-0.4, -0.2) is 79.6 Å². The van der Waals surface area contributed by atoms with Gasteiger partial charge in [-0.15, -0.1) is 23.1 Å². The monoisotopic (exact) mass is 762 g/mol. The number of benzene rings is 3. The number of rotatable bonds is 12. The zero-order valence-electron chi connectivity index (χ0n) is 29.5. The minimum absolute atomic E-state index is 0.124. The van der Waals surface area contributed by atoms with Crippen LogP contribution < -0.4 is 11.1 Å². The number of aromatic nitrogens is 1. The number of carboxylic acids is 1. The molecule has 0 radical (unpaired) electrons. The van der Waals surface area contributed by atoms with Crippen LogP contribution in [0.25, 0.3) is 0 Å². The first-order valence-corrected chi connectivity index (χ1v) is 19.4. The van der Waals surface area contributed by atoms with Gasteiger partial charge < -0.3 is 25.9 Å². The minimum atomic E-state index is -1.31. The van der Waals surface area contributed by atoms with Crippen molar-refractivity contribution in [1.29, 1.82) is 0 Å². The first-order chi connectivity index (χ1) is 26.1. The van der Waals surface area contributed by atoms with Crippen molar-refractivity contribution in [3.8, 4) is 0 Å². The van der Waals surface area contributed by atoms with Gasteiger partial charge in [0.2, 0.25) is 11.5 Å². The van der Waals surface area contributed by atoms with Gasteiger partial charge in [0, 0.05) is 46.5 Å². The van der Waals surface area contributed by atoms with E-state index in [1.54, 1.807) is 16.4 Å². The fraction of sp³-hybridized carbons (Fsp3) is 0.250. The van der Waals surface area contributed by atoms with Crippen LogP contribution in [-0.2, 0) is 29.6 Å². The van der Waals surface area contributed by atoms with Gasteiger partial charge in [0.25, 0.3) is 11.8 Å². The molecular weight excluding hydrogens is 725 g/mol. The Bertz CT molecular complexity index is 2070. The molecule has 4 heterocycles. The van der Waals surface area contributed by atoms with Gasteiger partial charge in [-0.1, -0.05) is 110 Å². The summed E-state index contributed by atoms with van der Waals surface area (Å²) in [4.78, 5) is 67.4. The van der Waals surface area contributed by atoms with E-state index in [2.05, 4.69) is 15.5 Å². The normalized spacial score (nSPS) is 19.6. The SMILES string of the molecule is CC(C)CN1CCC(=CC2=C(C(=O)O)N3C(=O)[C@@H](NC(=O)C(=NOC(c4ccccc4)(c4ccccc4)c4ccccc4)c4csc(N)n4)[C@H]3SC2)C1=O. The van der Waals surface area contributed by atoms with Gasteiger partial charge in [0.05, 0.1) is 0 Å². The highest BCUT2D eigenvalue weighted by atomic mass is 32.2. The zero-order valence-corrected chi connectivity index (χ0v) is 31.2. The maximum absolute atomic E-state index is 14.2. The van der Waals surface area contributed by atoms with E-state index in [-0.39, 0.29) is 33.9 Å². The van der Waals surface area contributed by atoms with Crippen molar-refractivity contribution >= 4 is 57.6 Å². The Hall–Kier alpha value is -5.73. The minimum Gasteiger partial charge on any atom is -0.477 e. The van der Waals surface area contributed by atoms with E-state index in [4.69, 9.17) is 10.6 Å². The highest BCUT2D eigenvalue weighted by Gasteiger charge is 2.54. The second-order valence-corrected chi connectivity index (χ2v) is 15.5. The molecule has 3 aromatic carbocycles. The van der Waals surface area contributed by atoms with Crippen molar-refractivity contribution in [2.75, 3.05) is 24.6 Å². The number of nitrogens with one attached hydrogen (secondary N) is 1. The van der Waals surface area contributed by atoms with E-state index in [0.717, 1.165) is 28.0 Å². The van der Waals surface area contributed by atoms with E-state index >= 15 is 0 Å². The molecule has 3 amide bonds. The number of likely N-dealkylation sites (tertiary alicyclic amines) is 1. The molecule has 2 atom stereocenters. The molecule has 14 heteroatoms. The molecule has 4 aromatic rings. The summed E-state index contributed by atoms with van der Waals surface area (Å²) >= 11 is 2.42. The number of aliphatic carboxylic acids is 1. The molecule has 0 aliphatic carbocycles. The number of anilines is 1. The Morgan fingerprint density at radius 1 is 1.02 bits per heavy atom. The molecule has 0 bridgehead atoms. The molecule has 0 spiro atoms. The molecule has 2 fully saturated rings. The number of thiazole rings is 1. The molecule has 3 aliphatic heterocycles. The number of carboxylic acid groups (broad SMARTS) is 1. The number of nitrogens with zero attached hydrogens (tertiary/aromatic N) is 4. The summed E-state index contributed by atoms with van der Waals surface area (Å²) in [6.07, 6.45) is 2.11. The molecule has 7 rings (SSSR count). The third kappa shape index (κ3) is 6.90. The predicted octanol–water partition coefficient (Wildman–Crippen LogP) is 4.99. The van der Waals surface area contributed by atoms with Gasteiger partial charge in [-0.25, -0.2) is 9.78 Å². The molecule has 0 saturated carbocycles. The first kappa shape index (κ1) is 36.6. The maximum atomic E-state index is 14.2. The van der Waals surface area contributed by atoms with Gasteiger partial charge >= 0.3 is 5.97 Å². The average molecular weight is 763 g/mol. The summed E-state index contributed by atoms with van der Waals surface area (Å²) < 4.78 is 0. The molecule has 3 aliphatic rings. The van der Waals surface area contributed by atoms with Gasteiger partial charge in [-0.05, 0) is 24.0 Å². The van der Waals surface area contributed by atoms with Gasteiger partial charge in [-0.3, -0.25) is 19.3 Å². The fourth-order valence-electron chi connectivity index (χ4n) is 6.98. The number of oxime groups is 1. The summed E-state index contributed by atoms with van der Waals surface area (Å²) in [5.74, 6) is -2.24. The van der Waals surface area contributed by atoms with E-state index in [1.807, 2.05) is 105 Å². The molecule has 0 unspecified atom stereocenters. The lowest BCUT2D eigenvalue weighted by Crippen LogP contribution is -2.71. The van der Waals surface area contributed by atoms with Gasteiger partial charge in [-0.2, -0.15) is 0 Å². The number of nitrogens with two attached hydrogens (primary N) is 1. The first-order valence-electron chi connectivity index (χ1n) is 17.4. The molecule has 2 saturated heterocycles. The lowest BCUT2D eigenvalue weighted by atomic mass is 9.80. The molecule has 54 heavy (non-hydrogen) atoms. The second kappa shape index (κ2) is 15.3. The smallest absolute Gasteiger partial charge is 0.352 e. The number of hydrogen-bond donors (Lipinski definition) is 3. The lowest BCUT2D eigenvalue weighted by molar-refractivity contribution is -0.150. The van der Waals surface area contributed by atoms with Crippen molar-refractivity contribution in [1.82, 2.24) is 20.1 Å². The average Bonchev–Trinajstić information content (AvgIpc) is 3.76. The van der Waals surface area contributed by atoms with Gasteiger partial charge in [0.1, 0.15) is 22.8 Å². The Morgan fingerprint density at radius 2 is 1.61 bits per heavy atom. The Balaban J connectivity index is 1.20. The van der Waals surface area contributed by atoms with Crippen LogP contribution in [0.2, 0.25) is 0 Å². The number of amides is 3. The number of carbonyl (C=O) groups is 4. The Kier molecular flexibility index (Phi) is 10.4. The van der Waals surface area contributed by atoms with E-state index in [1.165, 1.54) is 16.7 Å². The van der Waals surface area contributed by atoms with Crippen molar-refractivity contribution < 1.29 is 29.1 Å². The summed E-state index contributed by atoms with van der Waals surface area (Å²) in [5, 5.41) is 18.6. The standard InChI is InChI=1S/C40H38N6O6S2/c1-24(2)21-45-19-18-25(35(45)48)20-26-22-53-37-32(36(49)46(37)33(26)38(50)51)43-34(47)31(30-23-54-39(41)42-30)44-52-40(27-12-6-3-7-13-27,28-14-8-4-9-15-28)29-16-10-5-11-17-29/h3-17,20,23-24,32,37H,18-19,21-22H2,1-2H3,(H2,41,42)(H,43,47)(H,50,51)/t32-,37-/m1/s1. The summed E-state index contributed by atoms with van der Waals surface area (Å²) in [5.41, 5.74) is 7.56. The van der Waals surface area contributed by atoms with Gasteiger partial charge in [0.15, 0.2) is 10.8 Å². The topological polar surface area (TPSA) is 168 Å². The Morgan fingerprint density at radius 3 is 2.13 bits per heavy atom. The van der Waals surface area contributed by atoms with E-state index < -0.39 is 34.8 Å². The molecule has 12 nitrogen and oxygen atoms in total. The molecule has 276 valence electrons.